The summed E-state index contributed by atoms with van der Waals surface area (Å²) in [6, 6.07) is 7.43. The number of sulfonamides is 1. The molecule has 2 aromatic rings. The van der Waals surface area contributed by atoms with Crippen molar-refractivity contribution in [3.8, 4) is 0 Å². The smallest absolute Gasteiger partial charge is 0.245 e. The molecule has 1 aromatic heterocycles. The number of halogens is 1. The fourth-order valence-corrected chi connectivity index (χ4v) is 4.53. The van der Waals surface area contributed by atoms with Gasteiger partial charge in [-0.15, -0.1) is 0 Å². The molecule has 1 aliphatic heterocycles. The maximum Gasteiger partial charge on any atom is 0.245 e. The van der Waals surface area contributed by atoms with Crippen LogP contribution in [0.3, 0.4) is 0 Å². The highest BCUT2D eigenvalue weighted by Crippen LogP contribution is 2.26. The number of piperidine rings is 1. The summed E-state index contributed by atoms with van der Waals surface area (Å²) in [5.74, 6) is -0.478. The minimum atomic E-state index is -3.77. The normalized spacial score (nSPS) is 20.1. The zero-order valence-corrected chi connectivity index (χ0v) is 12.9. The van der Waals surface area contributed by atoms with Crippen molar-refractivity contribution in [1.29, 1.82) is 0 Å². The van der Waals surface area contributed by atoms with Gasteiger partial charge in [0.1, 0.15) is 10.7 Å². The fourth-order valence-electron chi connectivity index (χ4n) is 2.91. The predicted octanol–water partition coefficient (Wildman–Crippen LogP) is 2.19. The highest BCUT2D eigenvalue weighted by molar-refractivity contribution is 7.89. The second-order valence-corrected chi connectivity index (χ2v) is 7.49. The number of aromatic amines is 1. The van der Waals surface area contributed by atoms with Crippen molar-refractivity contribution < 1.29 is 12.8 Å². The van der Waals surface area contributed by atoms with Crippen LogP contribution >= 0.6 is 0 Å². The molecule has 0 spiro atoms. The largest absolute Gasteiger partial charge is 0.283 e. The molecule has 7 heteroatoms. The summed E-state index contributed by atoms with van der Waals surface area (Å²) in [7, 11) is -3.77. The average Bonchev–Trinajstić information content (AvgIpc) is 3.01. The van der Waals surface area contributed by atoms with Gasteiger partial charge in [0.2, 0.25) is 10.0 Å². The Morgan fingerprint density at radius 1 is 1.32 bits per heavy atom. The third-order valence-electron chi connectivity index (χ3n) is 4.00. The van der Waals surface area contributed by atoms with Crippen LogP contribution in [0.5, 0.6) is 0 Å². The summed E-state index contributed by atoms with van der Waals surface area (Å²) in [5.41, 5.74) is 0.995. The Balaban J connectivity index is 1.78. The molecule has 22 heavy (non-hydrogen) atoms. The van der Waals surface area contributed by atoms with Gasteiger partial charge in [-0.05, 0) is 43.4 Å². The van der Waals surface area contributed by atoms with E-state index in [4.69, 9.17) is 0 Å². The zero-order valence-electron chi connectivity index (χ0n) is 12.1. The maximum atomic E-state index is 13.8. The van der Waals surface area contributed by atoms with E-state index in [1.807, 2.05) is 6.07 Å². The Hall–Kier alpha value is -1.73. The number of H-pyrrole nitrogens is 1. The molecule has 5 nitrogen and oxygen atoms in total. The van der Waals surface area contributed by atoms with E-state index in [0.717, 1.165) is 25.0 Å². The molecule has 1 N–H and O–H groups in total. The number of rotatable bonds is 4. The number of hydrogen-bond acceptors (Lipinski definition) is 3. The van der Waals surface area contributed by atoms with Gasteiger partial charge >= 0.3 is 0 Å². The summed E-state index contributed by atoms with van der Waals surface area (Å²) in [4.78, 5) is -0.239. The van der Waals surface area contributed by atoms with Crippen LogP contribution in [0.4, 0.5) is 4.39 Å². The third kappa shape index (κ3) is 3.05. The first-order chi connectivity index (χ1) is 10.6. The monoisotopic (exact) mass is 323 g/mol. The van der Waals surface area contributed by atoms with Crippen molar-refractivity contribution in [2.45, 2.75) is 24.2 Å². The van der Waals surface area contributed by atoms with Crippen LogP contribution < -0.4 is 0 Å². The Bertz CT molecular complexity index is 731. The summed E-state index contributed by atoms with van der Waals surface area (Å²) < 4.78 is 40.5. The van der Waals surface area contributed by atoms with E-state index in [-0.39, 0.29) is 10.8 Å². The SMILES string of the molecule is O=S(=O)(c1ccccc1F)N1CCCC(Cc2ccn[nH]2)C1. The van der Waals surface area contributed by atoms with Gasteiger partial charge in [0, 0.05) is 25.0 Å². The lowest BCUT2D eigenvalue weighted by Gasteiger charge is -2.31. The topological polar surface area (TPSA) is 66.1 Å². The third-order valence-corrected chi connectivity index (χ3v) is 5.90. The van der Waals surface area contributed by atoms with Crippen LogP contribution in [0.1, 0.15) is 18.5 Å². The standard InChI is InChI=1S/C15H18FN3O2S/c16-14-5-1-2-6-15(14)22(20,21)19-9-3-4-12(11-19)10-13-7-8-17-18-13/h1-2,5-8,12H,3-4,9-11H2,(H,17,18). The second-order valence-electron chi connectivity index (χ2n) is 5.59. The lowest BCUT2D eigenvalue weighted by Crippen LogP contribution is -2.40. The Morgan fingerprint density at radius 2 is 2.14 bits per heavy atom. The van der Waals surface area contributed by atoms with E-state index >= 15 is 0 Å². The van der Waals surface area contributed by atoms with E-state index in [2.05, 4.69) is 10.2 Å². The fraction of sp³-hybridized carbons (Fsp3) is 0.400. The van der Waals surface area contributed by atoms with Crippen molar-refractivity contribution in [2.75, 3.05) is 13.1 Å². The van der Waals surface area contributed by atoms with Crippen molar-refractivity contribution in [3.63, 3.8) is 0 Å². The minimum absolute atomic E-state index is 0.218. The van der Waals surface area contributed by atoms with E-state index < -0.39 is 15.8 Å². The Labute approximate surface area is 129 Å². The van der Waals surface area contributed by atoms with Crippen molar-refractivity contribution in [1.82, 2.24) is 14.5 Å². The van der Waals surface area contributed by atoms with Crippen LogP contribution in [-0.4, -0.2) is 36.0 Å². The van der Waals surface area contributed by atoms with E-state index in [0.29, 0.717) is 13.1 Å². The number of nitrogens with zero attached hydrogens (tertiary/aromatic N) is 2. The quantitative estimate of drug-likeness (QED) is 0.938. The molecule has 2 heterocycles. The first-order valence-corrected chi connectivity index (χ1v) is 8.74. The summed E-state index contributed by atoms with van der Waals surface area (Å²) in [5, 5.41) is 6.81. The predicted molar refractivity (Wildman–Crippen MR) is 80.2 cm³/mol. The Kier molecular flexibility index (Phi) is 4.26. The lowest BCUT2D eigenvalue weighted by atomic mass is 9.95. The van der Waals surface area contributed by atoms with E-state index in [1.165, 1.54) is 22.5 Å². The van der Waals surface area contributed by atoms with Gasteiger partial charge in [-0.1, -0.05) is 12.1 Å². The number of nitrogens with one attached hydrogen (secondary N) is 1. The summed E-state index contributed by atoms with van der Waals surface area (Å²) in [6.45, 7) is 0.853. The van der Waals surface area contributed by atoms with Crippen LogP contribution in [-0.2, 0) is 16.4 Å². The molecule has 0 aliphatic carbocycles. The van der Waals surface area contributed by atoms with Crippen LogP contribution in [0.2, 0.25) is 0 Å². The molecule has 1 aromatic carbocycles. The van der Waals surface area contributed by atoms with Gasteiger partial charge in [-0.25, -0.2) is 12.8 Å². The molecule has 118 valence electrons. The van der Waals surface area contributed by atoms with Crippen LogP contribution in [0.15, 0.2) is 41.4 Å². The molecule has 1 atom stereocenters. The first kappa shape index (κ1) is 15.2. The van der Waals surface area contributed by atoms with Gasteiger partial charge in [0.25, 0.3) is 0 Å². The van der Waals surface area contributed by atoms with Gasteiger partial charge in [-0.2, -0.15) is 9.40 Å². The highest BCUT2D eigenvalue weighted by atomic mass is 32.2. The molecule has 0 radical (unpaired) electrons. The molecule has 0 amide bonds. The van der Waals surface area contributed by atoms with Crippen molar-refractivity contribution >= 4 is 10.0 Å². The summed E-state index contributed by atoms with van der Waals surface area (Å²) in [6.07, 6.45) is 4.18. The molecule has 1 aliphatic rings. The molecule has 0 saturated carbocycles. The molecular weight excluding hydrogens is 305 g/mol. The van der Waals surface area contributed by atoms with E-state index in [1.54, 1.807) is 12.3 Å². The van der Waals surface area contributed by atoms with Crippen LogP contribution in [0.25, 0.3) is 0 Å². The first-order valence-electron chi connectivity index (χ1n) is 7.30. The van der Waals surface area contributed by atoms with Gasteiger partial charge in [0.05, 0.1) is 0 Å². The van der Waals surface area contributed by atoms with Crippen molar-refractivity contribution in [3.05, 3.63) is 48.0 Å². The van der Waals surface area contributed by atoms with Crippen molar-refractivity contribution in [2.24, 2.45) is 5.92 Å². The Morgan fingerprint density at radius 3 is 2.86 bits per heavy atom. The minimum Gasteiger partial charge on any atom is -0.283 e. The second kappa shape index (κ2) is 6.18. The molecule has 1 unspecified atom stereocenters. The molecule has 3 rings (SSSR count). The zero-order chi connectivity index (χ0) is 15.6. The van der Waals surface area contributed by atoms with Crippen LogP contribution in [0, 0.1) is 11.7 Å². The molecule has 1 fully saturated rings. The molecule has 0 bridgehead atoms. The lowest BCUT2D eigenvalue weighted by molar-refractivity contribution is 0.263. The number of hydrogen-bond donors (Lipinski definition) is 1. The van der Waals surface area contributed by atoms with Gasteiger partial charge in [-0.3, -0.25) is 5.10 Å². The molecule has 1 saturated heterocycles. The number of benzene rings is 1. The average molecular weight is 323 g/mol. The molecular formula is C15H18FN3O2S. The van der Waals surface area contributed by atoms with Gasteiger partial charge < -0.3 is 0 Å². The summed E-state index contributed by atoms with van der Waals surface area (Å²) >= 11 is 0. The number of aromatic nitrogens is 2. The highest BCUT2D eigenvalue weighted by Gasteiger charge is 2.32. The van der Waals surface area contributed by atoms with Gasteiger partial charge in [0.15, 0.2) is 0 Å². The van der Waals surface area contributed by atoms with E-state index in [9.17, 15) is 12.8 Å². The maximum absolute atomic E-state index is 13.8.